The first-order valence-electron chi connectivity index (χ1n) is 8.60. The highest BCUT2D eigenvalue weighted by Gasteiger charge is 2.15. The molecule has 1 aliphatic heterocycles. The third-order valence-electron chi connectivity index (χ3n) is 4.15. The first-order valence-corrected chi connectivity index (χ1v) is 8.60. The zero-order valence-corrected chi connectivity index (χ0v) is 15.0. The summed E-state index contributed by atoms with van der Waals surface area (Å²) in [6.45, 7) is 2.26. The molecule has 0 aliphatic carbocycles. The Hall–Kier alpha value is -3.81. The Labute approximate surface area is 160 Å². The van der Waals surface area contributed by atoms with Crippen LogP contribution in [0.1, 0.15) is 32.0 Å². The van der Waals surface area contributed by atoms with Crippen molar-refractivity contribution in [2.75, 3.05) is 12.1 Å². The fourth-order valence-electron chi connectivity index (χ4n) is 2.75. The topological polar surface area (TPSA) is 103 Å². The number of hydrogen-bond donors (Lipinski definition) is 2. The van der Waals surface area contributed by atoms with Crippen LogP contribution in [0.2, 0.25) is 0 Å². The number of carbonyl (C=O) groups is 2. The SMILES string of the molecule is Cc1cc(NC(=O)c2cccc(C(=O)NCc3ccc4c(c3)OCO4)c2)no1. The van der Waals surface area contributed by atoms with Crippen molar-refractivity contribution < 1.29 is 23.6 Å². The van der Waals surface area contributed by atoms with Crippen molar-refractivity contribution in [1.82, 2.24) is 10.5 Å². The Balaban J connectivity index is 1.40. The molecule has 2 heterocycles. The number of nitrogens with zero attached hydrogens (tertiary/aromatic N) is 1. The summed E-state index contributed by atoms with van der Waals surface area (Å²) in [5.41, 5.74) is 1.61. The molecule has 3 aromatic rings. The predicted octanol–water partition coefficient (Wildman–Crippen LogP) is 2.89. The van der Waals surface area contributed by atoms with Crippen LogP contribution in [0.25, 0.3) is 0 Å². The zero-order chi connectivity index (χ0) is 19.5. The lowest BCUT2D eigenvalue weighted by molar-refractivity contribution is 0.0951. The quantitative estimate of drug-likeness (QED) is 0.707. The molecule has 0 radical (unpaired) electrons. The van der Waals surface area contributed by atoms with Gasteiger partial charge in [0.2, 0.25) is 6.79 Å². The first kappa shape index (κ1) is 17.6. The van der Waals surface area contributed by atoms with Crippen molar-refractivity contribution in [2.24, 2.45) is 0 Å². The molecule has 0 atom stereocenters. The molecule has 8 heteroatoms. The summed E-state index contributed by atoms with van der Waals surface area (Å²) in [6, 6.07) is 13.5. The summed E-state index contributed by atoms with van der Waals surface area (Å²) >= 11 is 0. The number of rotatable bonds is 5. The van der Waals surface area contributed by atoms with E-state index in [1.807, 2.05) is 12.1 Å². The summed E-state index contributed by atoms with van der Waals surface area (Å²) in [7, 11) is 0. The number of hydrogen-bond acceptors (Lipinski definition) is 6. The Bertz CT molecular complexity index is 1040. The third-order valence-corrected chi connectivity index (χ3v) is 4.15. The van der Waals surface area contributed by atoms with Gasteiger partial charge in [-0.2, -0.15) is 0 Å². The number of amides is 2. The van der Waals surface area contributed by atoms with E-state index in [1.165, 1.54) is 6.07 Å². The van der Waals surface area contributed by atoms with Gasteiger partial charge in [0, 0.05) is 23.7 Å². The molecule has 28 heavy (non-hydrogen) atoms. The van der Waals surface area contributed by atoms with Gasteiger partial charge < -0.3 is 24.6 Å². The highest BCUT2D eigenvalue weighted by atomic mass is 16.7. The second kappa shape index (κ2) is 7.43. The monoisotopic (exact) mass is 379 g/mol. The van der Waals surface area contributed by atoms with Gasteiger partial charge in [0.1, 0.15) is 5.76 Å². The molecule has 0 fully saturated rings. The van der Waals surface area contributed by atoms with Crippen molar-refractivity contribution in [1.29, 1.82) is 0 Å². The molecule has 4 rings (SSSR count). The molecule has 0 saturated carbocycles. The van der Waals surface area contributed by atoms with Gasteiger partial charge >= 0.3 is 0 Å². The number of carbonyl (C=O) groups excluding carboxylic acids is 2. The molecule has 2 N–H and O–H groups in total. The fourth-order valence-corrected chi connectivity index (χ4v) is 2.75. The van der Waals surface area contributed by atoms with Gasteiger partial charge in [-0.1, -0.05) is 17.3 Å². The maximum Gasteiger partial charge on any atom is 0.256 e. The van der Waals surface area contributed by atoms with Crippen LogP contribution >= 0.6 is 0 Å². The summed E-state index contributed by atoms with van der Waals surface area (Å²) in [5, 5.41) is 9.18. The number of aromatic nitrogens is 1. The molecular weight excluding hydrogens is 362 g/mol. The second-order valence-corrected chi connectivity index (χ2v) is 6.23. The van der Waals surface area contributed by atoms with E-state index in [0.717, 1.165) is 5.56 Å². The van der Waals surface area contributed by atoms with Crippen LogP contribution in [-0.2, 0) is 6.54 Å². The fraction of sp³-hybridized carbons (Fsp3) is 0.150. The van der Waals surface area contributed by atoms with Crippen LogP contribution in [-0.4, -0.2) is 23.8 Å². The summed E-state index contributed by atoms with van der Waals surface area (Å²) in [5.74, 6) is 1.60. The normalized spacial score (nSPS) is 11.9. The highest BCUT2D eigenvalue weighted by Crippen LogP contribution is 2.32. The molecule has 8 nitrogen and oxygen atoms in total. The lowest BCUT2D eigenvalue weighted by Crippen LogP contribution is -2.23. The van der Waals surface area contributed by atoms with Crippen LogP contribution in [0.15, 0.2) is 53.1 Å². The molecule has 1 aliphatic rings. The molecule has 142 valence electrons. The van der Waals surface area contributed by atoms with Gasteiger partial charge in [0.05, 0.1) is 0 Å². The minimum absolute atomic E-state index is 0.202. The molecule has 0 unspecified atom stereocenters. The minimum Gasteiger partial charge on any atom is -0.454 e. The Kier molecular flexibility index (Phi) is 4.67. The molecular formula is C20H17N3O5. The lowest BCUT2D eigenvalue weighted by atomic mass is 10.1. The molecule has 1 aromatic heterocycles. The number of aryl methyl sites for hydroxylation is 1. The van der Waals surface area contributed by atoms with Gasteiger partial charge in [-0.15, -0.1) is 0 Å². The predicted molar refractivity (Wildman–Crippen MR) is 99.4 cm³/mol. The Morgan fingerprint density at radius 3 is 2.57 bits per heavy atom. The van der Waals surface area contributed by atoms with Gasteiger partial charge in [-0.3, -0.25) is 9.59 Å². The summed E-state index contributed by atoms with van der Waals surface area (Å²) in [6.07, 6.45) is 0. The first-order chi connectivity index (χ1) is 13.6. The van der Waals surface area contributed by atoms with Gasteiger partial charge in [-0.25, -0.2) is 0 Å². The average molecular weight is 379 g/mol. The van der Waals surface area contributed by atoms with Crippen molar-refractivity contribution in [3.8, 4) is 11.5 Å². The number of nitrogens with one attached hydrogen (secondary N) is 2. The van der Waals surface area contributed by atoms with Crippen molar-refractivity contribution in [2.45, 2.75) is 13.5 Å². The van der Waals surface area contributed by atoms with Crippen LogP contribution < -0.4 is 20.1 Å². The van der Waals surface area contributed by atoms with E-state index in [9.17, 15) is 9.59 Å². The largest absolute Gasteiger partial charge is 0.454 e. The van der Waals surface area contributed by atoms with Gasteiger partial charge in [0.25, 0.3) is 11.8 Å². The van der Waals surface area contributed by atoms with Crippen LogP contribution in [0.4, 0.5) is 5.82 Å². The summed E-state index contributed by atoms with van der Waals surface area (Å²) in [4.78, 5) is 24.8. The van der Waals surface area contributed by atoms with Crippen molar-refractivity contribution in [3.63, 3.8) is 0 Å². The average Bonchev–Trinajstić information content (AvgIpc) is 3.34. The lowest BCUT2D eigenvalue weighted by Gasteiger charge is -2.08. The van der Waals surface area contributed by atoms with E-state index in [1.54, 1.807) is 37.3 Å². The maximum atomic E-state index is 12.5. The van der Waals surface area contributed by atoms with E-state index >= 15 is 0 Å². The van der Waals surface area contributed by atoms with Gasteiger partial charge in [-0.05, 0) is 42.8 Å². The Morgan fingerprint density at radius 1 is 1.00 bits per heavy atom. The summed E-state index contributed by atoms with van der Waals surface area (Å²) < 4.78 is 15.5. The molecule has 2 amide bonds. The Morgan fingerprint density at radius 2 is 1.79 bits per heavy atom. The molecule has 0 saturated heterocycles. The van der Waals surface area contributed by atoms with E-state index in [0.29, 0.717) is 40.7 Å². The number of fused-ring (bicyclic) bond motifs is 1. The second-order valence-electron chi connectivity index (χ2n) is 6.23. The molecule has 2 aromatic carbocycles. The highest BCUT2D eigenvalue weighted by molar-refractivity contribution is 6.05. The zero-order valence-electron chi connectivity index (χ0n) is 15.0. The van der Waals surface area contributed by atoms with E-state index in [2.05, 4.69) is 15.8 Å². The van der Waals surface area contributed by atoms with Crippen LogP contribution in [0.3, 0.4) is 0 Å². The third kappa shape index (κ3) is 3.80. The van der Waals surface area contributed by atoms with Crippen molar-refractivity contribution in [3.05, 3.63) is 71.0 Å². The van der Waals surface area contributed by atoms with Crippen LogP contribution in [0.5, 0.6) is 11.5 Å². The molecule has 0 spiro atoms. The standard InChI is InChI=1S/C20H17N3O5/c1-12-7-18(23-28-12)22-20(25)15-4-2-3-14(9-15)19(24)21-10-13-5-6-16-17(8-13)27-11-26-16/h2-9H,10-11H2,1H3,(H,21,24)(H,22,23,25). The minimum atomic E-state index is -0.376. The van der Waals surface area contributed by atoms with E-state index in [-0.39, 0.29) is 18.6 Å². The van der Waals surface area contributed by atoms with Crippen LogP contribution in [0, 0.1) is 6.92 Å². The van der Waals surface area contributed by atoms with E-state index < -0.39 is 0 Å². The van der Waals surface area contributed by atoms with Crippen molar-refractivity contribution >= 4 is 17.6 Å². The number of anilines is 1. The smallest absolute Gasteiger partial charge is 0.256 e. The molecule has 0 bridgehead atoms. The van der Waals surface area contributed by atoms with Gasteiger partial charge in [0.15, 0.2) is 17.3 Å². The number of ether oxygens (including phenoxy) is 2. The number of benzene rings is 2. The van der Waals surface area contributed by atoms with E-state index in [4.69, 9.17) is 14.0 Å². The maximum absolute atomic E-state index is 12.5.